The fraction of sp³-hybridized carbons (Fsp3) is 0.391. The third kappa shape index (κ3) is 4.09. The minimum atomic E-state index is -3.55. The van der Waals surface area contributed by atoms with Crippen LogP contribution in [0.2, 0.25) is 0 Å². The molecule has 0 bridgehead atoms. The number of nitrogens with one attached hydrogen (secondary N) is 1. The number of amides is 1. The van der Waals surface area contributed by atoms with Crippen molar-refractivity contribution in [3.63, 3.8) is 0 Å². The van der Waals surface area contributed by atoms with Crippen molar-refractivity contribution in [1.29, 1.82) is 0 Å². The Morgan fingerprint density at radius 3 is 2.48 bits per heavy atom. The highest BCUT2D eigenvalue weighted by molar-refractivity contribution is 7.89. The molecular formula is C23H28N4O3S. The maximum atomic E-state index is 13.0. The normalized spacial score (nSPS) is 16.0. The monoisotopic (exact) mass is 440 g/mol. The number of aromatic nitrogens is 2. The minimum absolute atomic E-state index is 0.103. The molecule has 1 N–H and O–H groups in total. The topological polar surface area (TPSA) is 84.3 Å². The van der Waals surface area contributed by atoms with E-state index in [1.165, 1.54) is 4.31 Å². The number of hydrogen-bond acceptors (Lipinski definition) is 4. The summed E-state index contributed by atoms with van der Waals surface area (Å²) < 4.78 is 29.5. The first-order valence-electron chi connectivity index (χ1n) is 10.6. The standard InChI is InChI=1S/C23H28N4O3S/c1-4-27-21-8-6-5-7-20(21)24-23(27)25-22(28)18-11-13-26(14-12-18)31(29,30)19-10-9-16(2)17(3)15-19/h5-10,15,18H,4,11-14H2,1-3H3,(H,24,25,28). The Balaban J connectivity index is 1.44. The van der Waals surface area contributed by atoms with Crippen LogP contribution in [0.3, 0.4) is 0 Å². The molecule has 0 unspecified atom stereocenters. The number of para-hydroxylation sites is 2. The summed E-state index contributed by atoms with van der Waals surface area (Å²) in [6.45, 7) is 7.25. The molecule has 1 amide bonds. The van der Waals surface area contributed by atoms with Gasteiger partial charge in [-0.25, -0.2) is 13.4 Å². The maximum absolute atomic E-state index is 13.0. The van der Waals surface area contributed by atoms with Gasteiger partial charge < -0.3 is 4.57 Å². The van der Waals surface area contributed by atoms with Crippen LogP contribution in [0.15, 0.2) is 47.4 Å². The second-order valence-electron chi connectivity index (χ2n) is 8.08. The number of carbonyl (C=O) groups is 1. The summed E-state index contributed by atoms with van der Waals surface area (Å²) >= 11 is 0. The van der Waals surface area contributed by atoms with E-state index in [4.69, 9.17) is 0 Å². The summed E-state index contributed by atoms with van der Waals surface area (Å²) in [5, 5.41) is 2.96. The number of carbonyl (C=O) groups excluding carboxylic acids is 1. The first kappa shape index (κ1) is 21.5. The van der Waals surface area contributed by atoms with Crippen molar-refractivity contribution < 1.29 is 13.2 Å². The molecule has 8 heteroatoms. The van der Waals surface area contributed by atoms with Gasteiger partial charge in [0.1, 0.15) is 0 Å². The van der Waals surface area contributed by atoms with Crippen molar-refractivity contribution in [1.82, 2.24) is 13.9 Å². The summed E-state index contributed by atoms with van der Waals surface area (Å²) in [5.74, 6) is 0.198. The van der Waals surface area contributed by atoms with Gasteiger partial charge in [-0.15, -0.1) is 0 Å². The Morgan fingerprint density at radius 2 is 1.81 bits per heavy atom. The molecule has 1 saturated heterocycles. The van der Waals surface area contributed by atoms with Crippen molar-refractivity contribution >= 4 is 32.9 Å². The van der Waals surface area contributed by atoms with E-state index >= 15 is 0 Å². The van der Waals surface area contributed by atoms with Crippen LogP contribution in [-0.2, 0) is 21.4 Å². The van der Waals surface area contributed by atoms with Crippen molar-refractivity contribution in [2.24, 2.45) is 5.92 Å². The van der Waals surface area contributed by atoms with Gasteiger partial charge in [-0.3, -0.25) is 10.1 Å². The van der Waals surface area contributed by atoms with Crippen LogP contribution in [-0.4, -0.2) is 41.3 Å². The summed E-state index contributed by atoms with van der Waals surface area (Å²) in [7, 11) is -3.55. The second kappa shape index (κ2) is 8.43. The van der Waals surface area contributed by atoms with Crippen LogP contribution < -0.4 is 5.32 Å². The molecule has 31 heavy (non-hydrogen) atoms. The lowest BCUT2D eigenvalue weighted by molar-refractivity contribution is -0.121. The largest absolute Gasteiger partial charge is 0.310 e. The van der Waals surface area contributed by atoms with Crippen LogP contribution in [0.1, 0.15) is 30.9 Å². The van der Waals surface area contributed by atoms with Gasteiger partial charge in [-0.2, -0.15) is 4.31 Å². The van der Waals surface area contributed by atoms with E-state index in [0.717, 1.165) is 22.2 Å². The average Bonchev–Trinajstić information content (AvgIpc) is 3.12. The van der Waals surface area contributed by atoms with Gasteiger partial charge >= 0.3 is 0 Å². The predicted molar refractivity (Wildman–Crippen MR) is 121 cm³/mol. The van der Waals surface area contributed by atoms with E-state index < -0.39 is 10.0 Å². The molecule has 0 radical (unpaired) electrons. The van der Waals surface area contributed by atoms with E-state index in [-0.39, 0.29) is 11.8 Å². The van der Waals surface area contributed by atoms with Gasteiger partial charge in [0.25, 0.3) is 0 Å². The fourth-order valence-corrected chi connectivity index (χ4v) is 5.64. The van der Waals surface area contributed by atoms with E-state index in [0.29, 0.717) is 43.3 Å². The first-order chi connectivity index (χ1) is 14.8. The Bertz CT molecular complexity index is 1220. The summed E-state index contributed by atoms with van der Waals surface area (Å²) in [6.07, 6.45) is 0.977. The molecule has 164 valence electrons. The van der Waals surface area contributed by atoms with Crippen molar-refractivity contribution in [2.45, 2.75) is 45.1 Å². The number of rotatable bonds is 5. The highest BCUT2D eigenvalue weighted by atomic mass is 32.2. The first-order valence-corrected chi connectivity index (χ1v) is 12.1. The van der Waals surface area contributed by atoms with Gasteiger partial charge in [0.05, 0.1) is 15.9 Å². The number of anilines is 1. The number of sulfonamides is 1. The molecule has 7 nitrogen and oxygen atoms in total. The average molecular weight is 441 g/mol. The van der Waals surface area contributed by atoms with Gasteiger partial charge in [0, 0.05) is 25.6 Å². The zero-order valence-corrected chi connectivity index (χ0v) is 18.9. The predicted octanol–water partition coefficient (Wildman–Crippen LogP) is 3.71. The van der Waals surface area contributed by atoms with Crippen LogP contribution in [0, 0.1) is 19.8 Å². The summed E-state index contributed by atoms with van der Waals surface area (Å²) in [4.78, 5) is 17.8. The van der Waals surface area contributed by atoms with E-state index in [1.54, 1.807) is 12.1 Å². The molecule has 0 saturated carbocycles. The van der Waals surface area contributed by atoms with E-state index in [1.807, 2.05) is 55.7 Å². The Labute approximate surface area is 183 Å². The highest BCUT2D eigenvalue weighted by Crippen LogP contribution is 2.26. The fourth-order valence-electron chi connectivity index (χ4n) is 4.09. The van der Waals surface area contributed by atoms with Crippen LogP contribution in [0.5, 0.6) is 0 Å². The lowest BCUT2D eigenvalue weighted by atomic mass is 9.97. The number of nitrogens with zero attached hydrogens (tertiary/aromatic N) is 3. The quantitative estimate of drug-likeness (QED) is 0.655. The van der Waals surface area contributed by atoms with Gasteiger partial charge in [-0.05, 0) is 69.0 Å². The van der Waals surface area contributed by atoms with Crippen LogP contribution in [0.4, 0.5) is 5.95 Å². The smallest absolute Gasteiger partial charge is 0.243 e. The Hall–Kier alpha value is -2.71. The van der Waals surface area contributed by atoms with Crippen LogP contribution in [0.25, 0.3) is 11.0 Å². The number of aryl methyl sites for hydroxylation is 3. The van der Waals surface area contributed by atoms with Gasteiger partial charge in [0.15, 0.2) is 0 Å². The SMILES string of the molecule is CCn1c(NC(=O)C2CCN(S(=O)(=O)c3ccc(C)c(C)c3)CC2)nc2ccccc21. The number of imidazole rings is 1. The molecule has 1 fully saturated rings. The van der Waals surface area contributed by atoms with Gasteiger partial charge in [0.2, 0.25) is 21.9 Å². The number of piperidine rings is 1. The third-order valence-corrected chi connectivity index (χ3v) is 8.04. The molecule has 1 aliphatic rings. The molecule has 3 aromatic rings. The zero-order valence-electron chi connectivity index (χ0n) is 18.1. The summed E-state index contributed by atoms with van der Waals surface area (Å²) in [5.41, 5.74) is 3.84. The Morgan fingerprint density at radius 1 is 1.10 bits per heavy atom. The zero-order chi connectivity index (χ0) is 22.2. The maximum Gasteiger partial charge on any atom is 0.243 e. The van der Waals surface area contributed by atoms with E-state index in [9.17, 15) is 13.2 Å². The van der Waals surface area contributed by atoms with Crippen LogP contribution >= 0.6 is 0 Å². The van der Waals surface area contributed by atoms with E-state index in [2.05, 4.69) is 10.3 Å². The molecule has 1 aliphatic heterocycles. The molecule has 1 aromatic heterocycles. The second-order valence-corrected chi connectivity index (χ2v) is 10.0. The van der Waals surface area contributed by atoms with Gasteiger partial charge in [-0.1, -0.05) is 18.2 Å². The molecule has 4 rings (SSSR count). The van der Waals surface area contributed by atoms with Crippen molar-refractivity contribution in [3.05, 3.63) is 53.6 Å². The molecule has 2 aromatic carbocycles. The number of hydrogen-bond donors (Lipinski definition) is 1. The summed E-state index contributed by atoms with van der Waals surface area (Å²) in [6, 6.07) is 13.0. The molecule has 0 atom stereocenters. The molecule has 0 aliphatic carbocycles. The highest BCUT2D eigenvalue weighted by Gasteiger charge is 2.32. The minimum Gasteiger partial charge on any atom is -0.310 e. The number of fused-ring (bicyclic) bond motifs is 1. The molecule has 0 spiro atoms. The van der Waals surface area contributed by atoms with Crippen molar-refractivity contribution in [2.75, 3.05) is 18.4 Å². The molecular weight excluding hydrogens is 412 g/mol. The number of benzene rings is 2. The lowest BCUT2D eigenvalue weighted by Crippen LogP contribution is -2.41. The lowest BCUT2D eigenvalue weighted by Gasteiger charge is -2.30. The molecule has 2 heterocycles. The Kier molecular flexibility index (Phi) is 5.85. The third-order valence-electron chi connectivity index (χ3n) is 6.15. The van der Waals surface area contributed by atoms with Crippen molar-refractivity contribution in [3.8, 4) is 0 Å².